The number of nitrogens with zero attached hydrogens (tertiary/aromatic N) is 3. The fourth-order valence-electron chi connectivity index (χ4n) is 4.64. The van der Waals surface area contributed by atoms with E-state index in [1.807, 2.05) is 43.1 Å². The lowest BCUT2D eigenvalue weighted by atomic mass is 9.50. The van der Waals surface area contributed by atoms with Gasteiger partial charge in [0.1, 0.15) is 6.54 Å². The maximum absolute atomic E-state index is 12.9. The number of amides is 1. The molecule has 1 aromatic heterocycles. The van der Waals surface area contributed by atoms with Gasteiger partial charge >= 0.3 is 0 Å². The molecule has 2 aliphatic carbocycles. The van der Waals surface area contributed by atoms with E-state index in [4.69, 9.17) is 4.74 Å². The van der Waals surface area contributed by atoms with Crippen LogP contribution in [-0.2, 0) is 16.1 Å². The van der Waals surface area contributed by atoms with Crippen molar-refractivity contribution in [2.75, 3.05) is 13.7 Å². The van der Waals surface area contributed by atoms with Gasteiger partial charge in [-0.25, -0.2) is 4.98 Å². The highest BCUT2D eigenvalue weighted by atomic mass is 16.5. The number of fused-ring (bicyclic) bond motifs is 1. The molecule has 138 valence electrons. The zero-order valence-electron chi connectivity index (χ0n) is 15.4. The predicted octanol–water partition coefficient (Wildman–Crippen LogP) is 2.20. The Morgan fingerprint density at radius 1 is 1.38 bits per heavy atom. The summed E-state index contributed by atoms with van der Waals surface area (Å²) in [6.45, 7) is 2.79. The Kier molecular flexibility index (Phi) is 4.31. The summed E-state index contributed by atoms with van der Waals surface area (Å²) in [5, 5.41) is 0. The average Bonchev–Trinajstić information content (AvgIpc) is 2.58. The number of aromatic nitrogens is 2. The molecule has 1 heterocycles. The fraction of sp³-hybridized carbons (Fsp3) is 0.550. The van der Waals surface area contributed by atoms with Crippen molar-refractivity contribution < 1.29 is 9.53 Å². The van der Waals surface area contributed by atoms with Crippen LogP contribution in [0.5, 0.6) is 0 Å². The van der Waals surface area contributed by atoms with Crippen LogP contribution in [-0.4, -0.2) is 46.2 Å². The molecule has 0 saturated heterocycles. The number of likely N-dealkylation sites (N-methyl/N-ethyl adjacent to an activating group) is 1. The molecular formula is C20H25N3O3. The van der Waals surface area contributed by atoms with Gasteiger partial charge in [0.2, 0.25) is 5.91 Å². The topological polar surface area (TPSA) is 64.4 Å². The molecule has 1 spiro atoms. The number of hydrogen-bond acceptors (Lipinski definition) is 4. The van der Waals surface area contributed by atoms with E-state index in [1.165, 1.54) is 17.2 Å². The highest BCUT2D eigenvalue weighted by Crippen LogP contribution is 2.58. The van der Waals surface area contributed by atoms with E-state index >= 15 is 0 Å². The molecule has 2 saturated carbocycles. The molecule has 2 unspecified atom stereocenters. The summed E-state index contributed by atoms with van der Waals surface area (Å²) in [5.41, 5.74) is 1.30. The van der Waals surface area contributed by atoms with Crippen molar-refractivity contribution in [1.82, 2.24) is 14.5 Å². The first-order valence-corrected chi connectivity index (χ1v) is 9.38. The van der Waals surface area contributed by atoms with Crippen LogP contribution < -0.4 is 5.56 Å². The van der Waals surface area contributed by atoms with Gasteiger partial charge in [0.05, 0.1) is 23.3 Å². The lowest BCUT2D eigenvalue weighted by molar-refractivity contribution is -0.202. The van der Waals surface area contributed by atoms with Crippen LogP contribution in [0, 0.1) is 5.41 Å². The van der Waals surface area contributed by atoms with E-state index in [0.29, 0.717) is 5.52 Å². The molecule has 0 aliphatic heterocycles. The molecule has 2 aromatic rings. The second-order valence-electron chi connectivity index (χ2n) is 7.46. The Labute approximate surface area is 152 Å². The molecular weight excluding hydrogens is 330 g/mol. The van der Waals surface area contributed by atoms with Crippen molar-refractivity contribution in [2.45, 2.75) is 51.3 Å². The maximum Gasteiger partial charge on any atom is 0.269 e. The number of para-hydroxylation sites is 2. The molecule has 0 N–H and O–H groups in total. The van der Waals surface area contributed by atoms with Gasteiger partial charge in [-0.3, -0.25) is 14.2 Å². The molecule has 2 fully saturated rings. The van der Waals surface area contributed by atoms with Gasteiger partial charge in [0.25, 0.3) is 5.56 Å². The Hall–Kier alpha value is -2.21. The maximum atomic E-state index is 12.9. The summed E-state index contributed by atoms with van der Waals surface area (Å²) in [6, 6.07) is 7.63. The first-order valence-electron chi connectivity index (χ1n) is 9.38. The van der Waals surface area contributed by atoms with Gasteiger partial charge in [-0.15, -0.1) is 0 Å². The molecule has 0 bridgehead atoms. The monoisotopic (exact) mass is 355 g/mol. The summed E-state index contributed by atoms with van der Waals surface area (Å²) in [7, 11) is 1.86. The van der Waals surface area contributed by atoms with Crippen molar-refractivity contribution in [3.63, 3.8) is 0 Å². The molecule has 26 heavy (non-hydrogen) atoms. The van der Waals surface area contributed by atoms with E-state index in [-0.39, 0.29) is 35.6 Å². The standard InChI is InChI=1S/C20H25N3O3/c1-3-26-17-11-16(20(17)9-6-10-20)22(2)19(25)13-23-15-8-5-4-7-14(15)21-12-18(23)24/h4-5,7-8,12,16-17H,3,6,9-11,13H2,1-2H3. The minimum absolute atomic E-state index is 0.0327. The number of ether oxygens (including phenoxy) is 1. The Bertz CT molecular complexity index is 887. The van der Waals surface area contributed by atoms with Gasteiger partial charge in [-0.2, -0.15) is 0 Å². The second kappa shape index (κ2) is 6.50. The molecule has 4 rings (SSSR count). The third-order valence-electron chi connectivity index (χ3n) is 6.30. The van der Waals surface area contributed by atoms with Crippen LogP contribution in [0.3, 0.4) is 0 Å². The summed E-state index contributed by atoms with van der Waals surface area (Å²) >= 11 is 0. The van der Waals surface area contributed by atoms with Gasteiger partial charge in [-0.1, -0.05) is 18.6 Å². The van der Waals surface area contributed by atoms with Crippen LogP contribution in [0.15, 0.2) is 35.3 Å². The van der Waals surface area contributed by atoms with Crippen molar-refractivity contribution in [3.8, 4) is 0 Å². The molecule has 1 amide bonds. The first-order chi connectivity index (χ1) is 12.6. The lowest BCUT2D eigenvalue weighted by Crippen LogP contribution is -2.68. The quantitative estimate of drug-likeness (QED) is 0.825. The predicted molar refractivity (Wildman–Crippen MR) is 98.9 cm³/mol. The molecule has 6 nitrogen and oxygen atoms in total. The fourth-order valence-corrected chi connectivity index (χ4v) is 4.64. The molecule has 1 aromatic carbocycles. The van der Waals surface area contributed by atoms with Crippen LogP contribution >= 0.6 is 0 Å². The SMILES string of the molecule is CCOC1CC(N(C)C(=O)Cn2c(=O)cnc3ccccc32)C12CCC2. The molecule has 2 atom stereocenters. The number of carbonyl (C=O) groups excluding carboxylic acids is 1. The largest absolute Gasteiger partial charge is 0.378 e. The molecule has 0 radical (unpaired) electrons. The zero-order chi connectivity index (χ0) is 18.3. The zero-order valence-corrected chi connectivity index (χ0v) is 15.4. The van der Waals surface area contributed by atoms with Gasteiger partial charge in [0, 0.05) is 25.1 Å². The number of carbonyl (C=O) groups is 1. The van der Waals surface area contributed by atoms with E-state index in [0.717, 1.165) is 31.4 Å². The van der Waals surface area contributed by atoms with Crippen molar-refractivity contribution in [2.24, 2.45) is 5.41 Å². The van der Waals surface area contributed by atoms with Crippen LogP contribution in [0.4, 0.5) is 0 Å². The number of rotatable bonds is 5. The number of benzene rings is 1. The smallest absolute Gasteiger partial charge is 0.269 e. The van der Waals surface area contributed by atoms with Gasteiger partial charge in [-0.05, 0) is 38.3 Å². The first kappa shape index (κ1) is 17.2. The highest BCUT2D eigenvalue weighted by Gasteiger charge is 2.60. The Morgan fingerprint density at radius 2 is 2.15 bits per heavy atom. The normalized spacial score (nSPS) is 23.5. The Morgan fingerprint density at radius 3 is 2.85 bits per heavy atom. The van der Waals surface area contributed by atoms with Gasteiger partial charge in [0.15, 0.2) is 0 Å². The van der Waals surface area contributed by atoms with E-state index in [1.54, 1.807) is 0 Å². The van der Waals surface area contributed by atoms with E-state index in [2.05, 4.69) is 4.98 Å². The lowest BCUT2D eigenvalue weighted by Gasteiger charge is -2.63. The van der Waals surface area contributed by atoms with Crippen molar-refractivity contribution in [1.29, 1.82) is 0 Å². The van der Waals surface area contributed by atoms with Gasteiger partial charge < -0.3 is 9.64 Å². The minimum atomic E-state index is -0.246. The Balaban J connectivity index is 1.54. The van der Waals surface area contributed by atoms with Crippen LogP contribution in [0.1, 0.15) is 32.6 Å². The number of hydrogen-bond donors (Lipinski definition) is 0. The average molecular weight is 355 g/mol. The van der Waals surface area contributed by atoms with Crippen LogP contribution in [0.25, 0.3) is 11.0 Å². The van der Waals surface area contributed by atoms with Crippen molar-refractivity contribution in [3.05, 3.63) is 40.8 Å². The van der Waals surface area contributed by atoms with E-state index in [9.17, 15) is 9.59 Å². The minimum Gasteiger partial charge on any atom is -0.378 e. The highest BCUT2D eigenvalue weighted by molar-refractivity contribution is 5.80. The summed E-state index contributed by atoms with van der Waals surface area (Å²) < 4.78 is 7.41. The summed E-state index contributed by atoms with van der Waals surface area (Å²) in [6.07, 6.45) is 5.90. The van der Waals surface area contributed by atoms with Crippen LogP contribution in [0.2, 0.25) is 0 Å². The summed E-state index contributed by atoms with van der Waals surface area (Å²) in [4.78, 5) is 31.2. The third-order valence-corrected chi connectivity index (χ3v) is 6.30. The second-order valence-corrected chi connectivity index (χ2v) is 7.46. The third kappa shape index (κ3) is 2.55. The summed E-state index contributed by atoms with van der Waals surface area (Å²) in [5.74, 6) is -0.0327. The molecule has 2 aliphatic rings. The van der Waals surface area contributed by atoms with Crippen molar-refractivity contribution >= 4 is 16.9 Å². The van der Waals surface area contributed by atoms with E-state index < -0.39 is 0 Å². The molecule has 6 heteroatoms.